The van der Waals surface area contributed by atoms with Crippen LogP contribution in [0.5, 0.6) is 0 Å². The highest BCUT2D eigenvalue weighted by atomic mass is 15.3. The molecule has 0 fully saturated rings. The summed E-state index contributed by atoms with van der Waals surface area (Å²) in [7, 11) is 0. The van der Waals surface area contributed by atoms with Crippen molar-refractivity contribution in [2.24, 2.45) is 0 Å². The normalized spacial score (nSPS) is 7.89. The minimum Gasteiger partial charge on any atom is -0.381 e. The number of nitrogens with two attached hydrogens (primary N) is 1. The van der Waals surface area contributed by atoms with Crippen LogP contribution in [0.2, 0.25) is 0 Å². The Morgan fingerprint density at radius 2 is 1.89 bits per heavy atom. The summed E-state index contributed by atoms with van der Waals surface area (Å²) in [6.45, 7) is 5.79. The third kappa shape index (κ3) is 2.12. The van der Waals surface area contributed by atoms with Crippen LogP contribution in [0.1, 0.15) is 19.5 Å². The van der Waals surface area contributed by atoms with Gasteiger partial charge in [0.15, 0.2) is 5.82 Å². The maximum Gasteiger partial charge on any atom is 0.168 e. The number of nitrogens with zero attached hydrogens (tertiary/aromatic N) is 2. The van der Waals surface area contributed by atoms with E-state index in [2.05, 4.69) is 15.4 Å². The zero-order chi connectivity index (χ0) is 7.28. The van der Waals surface area contributed by atoms with Crippen LogP contribution in [0.3, 0.4) is 0 Å². The number of nitrogens with one attached hydrogen (secondary N) is 1. The Morgan fingerprint density at radius 3 is 2.00 bits per heavy atom. The third-order valence-electron chi connectivity index (χ3n) is 0.759. The monoisotopic (exact) mass is 128 g/mol. The molecular weight excluding hydrogens is 116 g/mol. The smallest absolute Gasteiger partial charge is 0.168 e. The van der Waals surface area contributed by atoms with Gasteiger partial charge in [-0.15, -0.1) is 5.10 Å². The predicted octanol–water partition coefficient (Wildman–Crippen LogP) is 0.722. The van der Waals surface area contributed by atoms with E-state index in [-0.39, 0.29) is 0 Å². The van der Waals surface area contributed by atoms with Crippen molar-refractivity contribution < 1.29 is 0 Å². The van der Waals surface area contributed by atoms with E-state index in [9.17, 15) is 0 Å². The van der Waals surface area contributed by atoms with Gasteiger partial charge >= 0.3 is 0 Å². The first-order valence-electron chi connectivity index (χ1n) is 2.93. The van der Waals surface area contributed by atoms with Crippen molar-refractivity contribution in [3.05, 3.63) is 5.69 Å². The summed E-state index contributed by atoms with van der Waals surface area (Å²) in [6, 6.07) is 0. The second-order valence-electron chi connectivity index (χ2n) is 1.29. The molecule has 4 nitrogen and oxygen atoms in total. The fourth-order valence-corrected chi connectivity index (χ4v) is 0.292. The number of nitrogen functional groups attached to an aromatic ring is 1. The lowest BCUT2D eigenvalue weighted by Crippen LogP contribution is -1.85. The second-order valence-corrected chi connectivity index (χ2v) is 1.29. The van der Waals surface area contributed by atoms with Gasteiger partial charge in [-0.1, -0.05) is 13.8 Å². The maximum atomic E-state index is 5.23. The van der Waals surface area contributed by atoms with Crippen molar-refractivity contribution in [1.82, 2.24) is 15.4 Å². The number of aryl methyl sites for hydroxylation is 1. The molecule has 0 saturated heterocycles. The van der Waals surface area contributed by atoms with E-state index in [1.807, 2.05) is 13.8 Å². The van der Waals surface area contributed by atoms with E-state index in [0.717, 1.165) is 5.69 Å². The zero-order valence-corrected chi connectivity index (χ0v) is 5.97. The quantitative estimate of drug-likeness (QED) is 0.541. The van der Waals surface area contributed by atoms with Gasteiger partial charge in [0.1, 0.15) is 5.69 Å². The molecule has 4 heteroatoms. The molecule has 0 amide bonds. The molecular formula is C5H12N4. The van der Waals surface area contributed by atoms with Crippen LogP contribution in [0.25, 0.3) is 0 Å². The van der Waals surface area contributed by atoms with Crippen LogP contribution in [-0.4, -0.2) is 15.4 Å². The molecule has 0 radical (unpaired) electrons. The minimum atomic E-state index is 0.472. The Balaban J connectivity index is 0.000000291. The lowest BCUT2D eigenvalue weighted by atomic mass is 10.5. The van der Waals surface area contributed by atoms with E-state index in [1.54, 1.807) is 6.92 Å². The average molecular weight is 128 g/mol. The highest BCUT2D eigenvalue weighted by Gasteiger charge is 1.91. The van der Waals surface area contributed by atoms with Crippen molar-refractivity contribution in [3.63, 3.8) is 0 Å². The Bertz CT molecular complexity index is 141. The Morgan fingerprint density at radius 1 is 1.33 bits per heavy atom. The van der Waals surface area contributed by atoms with Gasteiger partial charge < -0.3 is 5.73 Å². The number of aromatic nitrogens is 3. The van der Waals surface area contributed by atoms with E-state index >= 15 is 0 Å². The third-order valence-corrected chi connectivity index (χ3v) is 0.759. The van der Waals surface area contributed by atoms with Gasteiger partial charge in [-0.3, -0.25) is 0 Å². The molecule has 0 saturated carbocycles. The summed E-state index contributed by atoms with van der Waals surface area (Å²) < 4.78 is 0. The lowest BCUT2D eigenvalue weighted by Gasteiger charge is -1.75. The molecule has 0 aliphatic carbocycles. The molecule has 9 heavy (non-hydrogen) atoms. The summed E-state index contributed by atoms with van der Waals surface area (Å²) in [5.41, 5.74) is 5.98. The molecule has 1 rings (SSSR count). The minimum absolute atomic E-state index is 0.472. The van der Waals surface area contributed by atoms with Gasteiger partial charge in [0.05, 0.1) is 0 Å². The summed E-state index contributed by atoms with van der Waals surface area (Å²) in [6.07, 6.45) is 0. The molecule has 0 aliphatic heterocycles. The Kier molecular flexibility index (Phi) is 3.43. The fourth-order valence-electron chi connectivity index (χ4n) is 0.292. The number of aromatic amines is 1. The Labute approximate surface area is 54.5 Å². The molecule has 0 atom stereocenters. The van der Waals surface area contributed by atoms with Crippen molar-refractivity contribution in [2.45, 2.75) is 20.8 Å². The summed E-state index contributed by atoms with van der Waals surface area (Å²) in [5, 5.41) is 9.59. The van der Waals surface area contributed by atoms with Gasteiger partial charge in [-0.2, -0.15) is 10.3 Å². The van der Waals surface area contributed by atoms with E-state index in [4.69, 9.17) is 5.73 Å². The fraction of sp³-hybridized carbons (Fsp3) is 0.600. The van der Waals surface area contributed by atoms with Crippen LogP contribution in [0.15, 0.2) is 0 Å². The molecule has 0 aliphatic rings. The maximum absolute atomic E-state index is 5.23. The molecule has 3 N–H and O–H groups in total. The van der Waals surface area contributed by atoms with Crippen LogP contribution < -0.4 is 5.73 Å². The molecule has 0 aromatic carbocycles. The van der Waals surface area contributed by atoms with Crippen molar-refractivity contribution >= 4 is 5.82 Å². The topological polar surface area (TPSA) is 67.6 Å². The molecule has 1 aromatic rings. The highest BCUT2D eigenvalue weighted by molar-refractivity contribution is 5.29. The largest absolute Gasteiger partial charge is 0.381 e. The predicted molar refractivity (Wildman–Crippen MR) is 36.9 cm³/mol. The van der Waals surface area contributed by atoms with Gasteiger partial charge in [0.25, 0.3) is 0 Å². The van der Waals surface area contributed by atoms with E-state index < -0.39 is 0 Å². The van der Waals surface area contributed by atoms with E-state index in [0.29, 0.717) is 5.82 Å². The number of anilines is 1. The number of H-pyrrole nitrogens is 1. The standard InChI is InChI=1S/C3H6N4.C2H6/c1-2-3(4)6-7-5-2;1-2/h1H3,(H3,4,5,6,7);1-2H3. The zero-order valence-electron chi connectivity index (χ0n) is 5.97. The first kappa shape index (κ1) is 7.94. The summed E-state index contributed by atoms with van der Waals surface area (Å²) in [5.74, 6) is 0.472. The average Bonchev–Trinajstić information content (AvgIpc) is 2.23. The van der Waals surface area contributed by atoms with Crippen LogP contribution in [0, 0.1) is 6.92 Å². The first-order chi connectivity index (χ1) is 4.30. The van der Waals surface area contributed by atoms with Crippen LogP contribution in [0.4, 0.5) is 5.82 Å². The van der Waals surface area contributed by atoms with Crippen molar-refractivity contribution in [3.8, 4) is 0 Å². The number of hydrogen-bond acceptors (Lipinski definition) is 3. The molecule has 0 spiro atoms. The first-order valence-corrected chi connectivity index (χ1v) is 2.93. The number of hydrogen-bond donors (Lipinski definition) is 2. The van der Waals surface area contributed by atoms with Gasteiger partial charge in [0, 0.05) is 0 Å². The van der Waals surface area contributed by atoms with Crippen molar-refractivity contribution in [2.75, 3.05) is 5.73 Å². The van der Waals surface area contributed by atoms with Gasteiger partial charge in [0.2, 0.25) is 0 Å². The molecule has 1 aromatic heterocycles. The molecule has 0 bridgehead atoms. The van der Waals surface area contributed by atoms with Crippen molar-refractivity contribution in [1.29, 1.82) is 0 Å². The van der Waals surface area contributed by atoms with Gasteiger partial charge in [-0.25, -0.2) is 0 Å². The summed E-state index contributed by atoms with van der Waals surface area (Å²) in [4.78, 5) is 0. The molecule has 1 heterocycles. The summed E-state index contributed by atoms with van der Waals surface area (Å²) >= 11 is 0. The Hall–Kier alpha value is -1.06. The second kappa shape index (κ2) is 3.88. The molecule has 0 unspecified atom stereocenters. The highest BCUT2D eigenvalue weighted by Crippen LogP contribution is 1.95. The van der Waals surface area contributed by atoms with E-state index in [1.165, 1.54) is 0 Å². The number of rotatable bonds is 0. The molecule has 52 valence electrons. The lowest BCUT2D eigenvalue weighted by molar-refractivity contribution is 0.930. The van der Waals surface area contributed by atoms with Gasteiger partial charge in [-0.05, 0) is 6.92 Å². The van der Waals surface area contributed by atoms with Crippen LogP contribution >= 0.6 is 0 Å². The van der Waals surface area contributed by atoms with Crippen LogP contribution in [-0.2, 0) is 0 Å². The SMILES string of the molecule is CC.Cc1n[nH]nc1N.